The zero-order valence-electron chi connectivity index (χ0n) is 16.2. The minimum atomic E-state index is -3.56. The largest absolute Gasteiger partial charge is 0.455 e. The Morgan fingerprint density at radius 1 is 1.03 bits per heavy atom. The number of rotatable bonds is 6. The van der Waals surface area contributed by atoms with Crippen LogP contribution in [0.15, 0.2) is 70.1 Å². The van der Waals surface area contributed by atoms with Gasteiger partial charge in [0.2, 0.25) is 0 Å². The van der Waals surface area contributed by atoms with Crippen molar-refractivity contribution in [3.63, 3.8) is 0 Å². The first kappa shape index (κ1) is 20.1. The summed E-state index contributed by atoms with van der Waals surface area (Å²) in [7, 11) is -3.56. The van der Waals surface area contributed by atoms with Crippen LogP contribution in [0.25, 0.3) is 0 Å². The molecule has 1 amide bonds. The maximum atomic E-state index is 12.7. The molecule has 4 rings (SSSR count). The molecule has 1 fully saturated rings. The monoisotopic (exact) mass is 427 g/mol. The van der Waals surface area contributed by atoms with Crippen LogP contribution < -0.4 is 10.2 Å². The molecule has 0 atom stereocenters. The molecule has 30 heavy (non-hydrogen) atoms. The lowest BCUT2D eigenvalue weighted by atomic mass is 10.3. The van der Waals surface area contributed by atoms with Gasteiger partial charge < -0.3 is 19.4 Å². The van der Waals surface area contributed by atoms with Crippen LogP contribution in [-0.2, 0) is 20.3 Å². The number of carbonyl (C=O) groups is 1. The van der Waals surface area contributed by atoms with Crippen molar-refractivity contribution in [3.8, 4) is 0 Å². The van der Waals surface area contributed by atoms with Crippen LogP contribution in [0.1, 0.15) is 16.3 Å². The Labute approximate surface area is 174 Å². The van der Waals surface area contributed by atoms with Gasteiger partial charge in [0.15, 0.2) is 21.4 Å². The number of nitrogens with one attached hydrogen (secondary N) is 1. The van der Waals surface area contributed by atoms with Crippen LogP contribution >= 0.6 is 0 Å². The van der Waals surface area contributed by atoms with Gasteiger partial charge in [-0.3, -0.25) is 4.79 Å². The van der Waals surface area contributed by atoms with E-state index in [1.54, 1.807) is 36.5 Å². The van der Waals surface area contributed by atoms with Gasteiger partial charge in [0.05, 0.1) is 23.8 Å². The third-order valence-corrected chi connectivity index (χ3v) is 6.32. The molecule has 1 aromatic carbocycles. The van der Waals surface area contributed by atoms with E-state index in [1.165, 1.54) is 24.3 Å². The van der Waals surface area contributed by atoms with Crippen LogP contribution in [-0.4, -0.2) is 45.6 Å². The van der Waals surface area contributed by atoms with E-state index >= 15 is 0 Å². The van der Waals surface area contributed by atoms with Crippen LogP contribution in [0, 0.1) is 0 Å². The Morgan fingerprint density at radius 2 is 1.80 bits per heavy atom. The number of sulfone groups is 1. The molecule has 0 bridgehead atoms. The van der Waals surface area contributed by atoms with Crippen LogP contribution in [0.2, 0.25) is 0 Å². The van der Waals surface area contributed by atoms with Crippen LogP contribution in [0.4, 0.5) is 11.5 Å². The van der Waals surface area contributed by atoms with Crippen molar-refractivity contribution in [2.45, 2.75) is 10.6 Å². The fourth-order valence-corrected chi connectivity index (χ4v) is 4.45. The predicted molar refractivity (Wildman–Crippen MR) is 111 cm³/mol. The predicted octanol–water partition coefficient (Wildman–Crippen LogP) is 2.74. The summed E-state index contributed by atoms with van der Waals surface area (Å²) in [6, 6.07) is 14.6. The highest BCUT2D eigenvalue weighted by atomic mass is 32.2. The van der Waals surface area contributed by atoms with Crippen molar-refractivity contribution in [1.29, 1.82) is 0 Å². The van der Waals surface area contributed by atoms with E-state index in [4.69, 9.17) is 9.15 Å². The third kappa shape index (κ3) is 4.52. The van der Waals surface area contributed by atoms with Crippen molar-refractivity contribution in [2.24, 2.45) is 0 Å². The molecule has 0 radical (unpaired) electrons. The van der Waals surface area contributed by atoms with Crippen LogP contribution in [0.3, 0.4) is 0 Å². The number of ether oxygens (including phenoxy) is 1. The van der Waals surface area contributed by atoms with Crippen LogP contribution in [0.5, 0.6) is 0 Å². The average molecular weight is 427 g/mol. The summed E-state index contributed by atoms with van der Waals surface area (Å²) in [6.07, 6.45) is 1.67. The Hall–Kier alpha value is -3.17. The topological polar surface area (TPSA) is 102 Å². The average Bonchev–Trinajstić information content (AvgIpc) is 3.23. The normalized spacial score (nSPS) is 14.5. The van der Waals surface area contributed by atoms with Gasteiger partial charge in [-0.1, -0.05) is 18.2 Å². The summed E-state index contributed by atoms with van der Waals surface area (Å²) in [4.78, 5) is 19.3. The lowest BCUT2D eigenvalue weighted by Gasteiger charge is -2.29. The molecule has 1 N–H and O–H groups in total. The number of hydrogen-bond donors (Lipinski definition) is 1. The number of morpholine rings is 1. The van der Waals surface area contributed by atoms with Crippen molar-refractivity contribution >= 4 is 27.2 Å². The molecule has 2 aromatic heterocycles. The maximum Gasteiger partial charge on any atom is 0.291 e. The molecule has 1 saturated heterocycles. The van der Waals surface area contributed by atoms with E-state index in [0.29, 0.717) is 37.8 Å². The SMILES string of the molecule is O=C(Nc1cccnc1N1CCOCC1)c1ccc(CS(=O)(=O)c2ccccc2)o1. The number of benzene rings is 1. The molecule has 8 nitrogen and oxygen atoms in total. The second-order valence-corrected chi connectivity index (χ2v) is 8.76. The minimum Gasteiger partial charge on any atom is -0.455 e. The Bertz CT molecular complexity index is 1120. The first-order valence-electron chi connectivity index (χ1n) is 9.48. The van der Waals surface area contributed by atoms with Gasteiger partial charge in [-0.2, -0.15) is 0 Å². The molecular formula is C21H21N3O5S. The van der Waals surface area contributed by atoms with Gasteiger partial charge in [-0.25, -0.2) is 13.4 Å². The molecule has 156 valence electrons. The highest BCUT2D eigenvalue weighted by Gasteiger charge is 2.21. The summed E-state index contributed by atoms with van der Waals surface area (Å²) in [5.41, 5.74) is 0.555. The molecule has 3 heterocycles. The molecule has 0 spiro atoms. The van der Waals surface area contributed by atoms with Gasteiger partial charge in [0.25, 0.3) is 5.91 Å². The molecule has 1 aliphatic rings. The number of furan rings is 1. The smallest absolute Gasteiger partial charge is 0.291 e. The number of nitrogens with zero attached hydrogens (tertiary/aromatic N) is 2. The Balaban J connectivity index is 1.48. The standard InChI is InChI=1S/C21H21N3O5S/c25-21(23-18-7-4-10-22-20(18)24-11-13-28-14-12-24)19-9-8-16(29-19)15-30(26,27)17-5-2-1-3-6-17/h1-10H,11-15H2,(H,23,25). The molecule has 9 heteroatoms. The number of aromatic nitrogens is 1. The van der Waals surface area contributed by atoms with E-state index in [0.717, 1.165) is 0 Å². The molecule has 0 aliphatic carbocycles. The second-order valence-electron chi connectivity index (χ2n) is 6.77. The Kier molecular flexibility index (Phi) is 5.82. The quantitative estimate of drug-likeness (QED) is 0.645. The van der Waals surface area contributed by atoms with E-state index in [2.05, 4.69) is 10.3 Å². The summed E-state index contributed by atoms with van der Waals surface area (Å²) in [5, 5.41) is 2.80. The summed E-state index contributed by atoms with van der Waals surface area (Å²) >= 11 is 0. The fraction of sp³-hybridized carbons (Fsp3) is 0.238. The van der Waals surface area contributed by atoms with Gasteiger partial charge in [-0.05, 0) is 36.4 Å². The van der Waals surface area contributed by atoms with E-state index in [-0.39, 0.29) is 22.2 Å². The van der Waals surface area contributed by atoms with Crippen molar-refractivity contribution < 1.29 is 22.4 Å². The first-order chi connectivity index (χ1) is 14.5. The number of amides is 1. The highest BCUT2D eigenvalue weighted by Crippen LogP contribution is 2.25. The molecule has 3 aromatic rings. The summed E-state index contributed by atoms with van der Waals surface area (Å²) in [6.45, 7) is 2.56. The number of pyridine rings is 1. The number of carbonyl (C=O) groups excluding carboxylic acids is 1. The van der Waals surface area contributed by atoms with Gasteiger partial charge in [0, 0.05) is 19.3 Å². The number of anilines is 2. The van der Waals surface area contributed by atoms with Crippen molar-refractivity contribution in [1.82, 2.24) is 4.98 Å². The second kappa shape index (κ2) is 8.68. The van der Waals surface area contributed by atoms with Crippen molar-refractivity contribution in [2.75, 3.05) is 36.5 Å². The third-order valence-electron chi connectivity index (χ3n) is 4.67. The zero-order valence-corrected chi connectivity index (χ0v) is 17.0. The van der Waals surface area contributed by atoms with Gasteiger partial charge >= 0.3 is 0 Å². The van der Waals surface area contributed by atoms with E-state index in [1.807, 2.05) is 4.90 Å². The fourth-order valence-electron chi connectivity index (χ4n) is 3.18. The summed E-state index contributed by atoms with van der Waals surface area (Å²) in [5.74, 6) is 0.0954. The molecule has 1 aliphatic heterocycles. The first-order valence-corrected chi connectivity index (χ1v) is 11.1. The minimum absolute atomic E-state index is 0.0324. The van der Waals surface area contributed by atoms with E-state index in [9.17, 15) is 13.2 Å². The zero-order chi connectivity index (χ0) is 21.0. The molecular weight excluding hydrogens is 406 g/mol. The lowest BCUT2D eigenvalue weighted by Crippen LogP contribution is -2.37. The lowest BCUT2D eigenvalue weighted by molar-refractivity contribution is 0.0995. The number of hydrogen-bond acceptors (Lipinski definition) is 7. The maximum absolute atomic E-state index is 12.7. The van der Waals surface area contributed by atoms with Gasteiger partial charge in [0.1, 0.15) is 11.5 Å². The molecule has 0 unspecified atom stereocenters. The molecule has 0 saturated carbocycles. The van der Waals surface area contributed by atoms with Crippen molar-refractivity contribution in [3.05, 3.63) is 72.3 Å². The van der Waals surface area contributed by atoms with E-state index < -0.39 is 15.7 Å². The highest BCUT2D eigenvalue weighted by molar-refractivity contribution is 7.90. The van der Waals surface area contributed by atoms with Gasteiger partial charge in [-0.15, -0.1) is 0 Å². The Morgan fingerprint density at radius 3 is 2.57 bits per heavy atom. The summed E-state index contributed by atoms with van der Waals surface area (Å²) < 4.78 is 35.9.